The summed E-state index contributed by atoms with van der Waals surface area (Å²) in [4.78, 5) is 26.4. The lowest BCUT2D eigenvalue weighted by Gasteiger charge is -2.13. The lowest BCUT2D eigenvalue weighted by atomic mass is 10.2. The molecule has 1 aromatic heterocycles. The molecule has 1 heterocycles. The van der Waals surface area contributed by atoms with Gasteiger partial charge in [0.05, 0.1) is 18.4 Å². The van der Waals surface area contributed by atoms with Crippen molar-refractivity contribution in [3.8, 4) is 0 Å². The molecule has 0 bridgehead atoms. The average molecular weight is 252 g/mol. The van der Waals surface area contributed by atoms with Crippen molar-refractivity contribution in [3.63, 3.8) is 0 Å². The molecule has 0 aromatic carbocycles. The van der Waals surface area contributed by atoms with Crippen LogP contribution in [0.4, 0.5) is 5.82 Å². The first-order chi connectivity index (χ1) is 8.49. The molecule has 0 saturated heterocycles. The molecule has 0 aliphatic rings. The van der Waals surface area contributed by atoms with E-state index >= 15 is 0 Å². The van der Waals surface area contributed by atoms with Crippen LogP contribution in [0.15, 0.2) is 12.1 Å². The Labute approximate surface area is 105 Å². The number of carbonyl (C=O) groups excluding carboxylic acids is 1. The van der Waals surface area contributed by atoms with E-state index in [-0.39, 0.29) is 0 Å². The topological polar surface area (TPSA) is 88.5 Å². The number of pyridine rings is 1. The van der Waals surface area contributed by atoms with Crippen LogP contribution in [0.2, 0.25) is 0 Å². The second-order valence-corrected chi connectivity index (χ2v) is 3.76. The number of hydrogen-bond acceptors (Lipinski definition) is 5. The molecule has 1 rings (SSSR count). The Kier molecular flexibility index (Phi) is 4.65. The van der Waals surface area contributed by atoms with Gasteiger partial charge in [-0.1, -0.05) is 6.92 Å². The van der Waals surface area contributed by atoms with Gasteiger partial charge in [-0.15, -0.1) is 0 Å². The summed E-state index contributed by atoms with van der Waals surface area (Å²) in [6.07, 6.45) is 0.439. The highest BCUT2D eigenvalue weighted by atomic mass is 16.5. The molecule has 0 radical (unpaired) electrons. The van der Waals surface area contributed by atoms with E-state index in [0.717, 1.165) is 0 Å². The van der Waals surface area contributed by atoms with E-state index in [9.17, 15) is 9.59 Å². The summed E-state index contributed by atoms with van der Waals surface area (Å²) in [6, 6.07) is 2.43. The van der Waals surface area contributed by atoms with Crippen molar-refractivity contribution in [1.29, 1.82) is 0 Å². The quantitative estimate of drug-likeness (QED) is 0.771. The zero-order valence-corrected chi connectivity index (χ0v) is 10.6. The standard InChI is InChI=1S/C12H16N2O4/c1-4-9(11(15)16)14-10-6-5-8(7(2)13-10)12(17)18-3/h5-6,9H,4H2,1-3H3,(H,13,14)(H,15,16). The number of ether oxygens (including phenoxy) is 1. The van der Waals surface area contributed by atoms with E-state index in [4.69, 9.17) is 5.11 Å². The van der Waals surface area contributed by atoms with Gasteiger partial charge in [-0.05, 0) is 25.5 Å². The Morgan fingerprint density at radius 1 is 1.50 bits per heavy atom. The van der Waals surface area contributed by atoms with E-state index in [1.165, 1.54) is 7.11 Å². The Morgan fingerprint density at radius 2 is 2.17 bits per heavy atom. The molecule has 2 N–H and O–H groups in total. The van der Waals surface area contributed by atoms with Gasteiger partial charge in [0.1, 0.15) is 11.9 Å². The largest absolute Gasteiger partial charge is 0.480 e. The number of nitrogens with zero attached hydrogens (tertiary/aromatic N) is 1. The SMILES string of the molecule is CCC(Nc1ccc(C(=O)OC)c(C)n1)C(=O)O. The van der Waals surface area contributed by atoms with Crippen molar-refractivity contribution in [2.75, 3.05) is 12.4 Å². The van der Waals surface area contributed by atoms with Gasteiger partial charge < -0.3 is 15.2 Å². The number of esters is 1. The van der Waals surface area contributed by atoms with Gasteiger partial charge >= 0.3 is 11.9 Å². The first-order valence-electron chi connectivity index (χ1n) is 5.54. The molecule has 0 saturated carbocycles. The Morgan fingerprint density at radius 3 is 2.61 bits per heavy atom. The number of aryl methyl sites for hydroxylation is 1. The van der Waals surface area contributed by atoms with Gasteiger partial charge in [0.15, 0.2) is 0 Å². The third-order valence-corrected chi connectivity index (χ3v) is 2.52. The first kappa shape index (κ1) is 14.0. The summed E-state index contributed by atoms with van der Waals surface area (Å²) >= 11 is 0. The maximum absolute atomic E-state index is 11.4. The minimum absolute atomic E-state index is 0.367. The van der Waals surface area contributed by atoms with Crippen LogP contribution in [0.5, 0.6) is 0 Å². The summed E-state index contributed by atoms with van der Waals surface area (Å²) in [5.41, 5.74) is 0.860. The lowest BCUT2D eigenvalue weighted by molar-refractivity contribution is -0.137. The molecular formula is C12H16N2O4. The number of anilines is 1. The lowest BCUT2D eigenvalue weighted by Crippen LogP contribution is -2.28. The van der Waals surface area contributed by atoms with Crippen LogP contribution in [0.25, 0.3) is 0 Å². The Hall–Kier alpha value is -2.11. The Bertz CT molecular complexity index is 459. The molecule has 0 aliphatic carbocycles. The van der Waals surface area contributed by atoms with Gasteiger partial charge in [0.25, 0.3) is 0 Å². The maximum Gasteiger partial charge on any atom is 0.339 e. The number of carboxylic acids is 1. The molecule has 98 valence electrons. The monoisotopic (exact) mass is 252 g/mol. The smallest absolute Gasteiger partial charge is 0.339 e. The van der Waals surface area contributed by atoms with Crippen molar-refractivity contribution in [2.45, 2.75) is 26.3 Å². The van der Waals surface area contributed by atoms with Crippen LogP contribution in [0.1, 0.15) is 29.4 Å². The van der Waals surface area contributed by atoms with Crippen LogP contribution >= 0.6 is 0 Å². The second-order valence-electron chi connectivity index (χ2n) is 3.76. The number of nitrogens with one attached hydrogen (secondary N) is 1. The minimum Gasteiger partial charge on any atom is -0.480 e. The summed E-state index contributed by atoms with van der Waals surface area (Å²) in [6.45, 7) is 3.43. The van der Waals surface area contributed by atoms with Crippen molar-refractivity contribution in [2.24, 2.45) is 0 Å². The predicted molar refractivity (Wildman–Crippen MR) is 65.7 cm³/mol. The van der Waals surface area contributed by atoms with Crippen LogP contribution in [0, 0.1) is 6.92 Å². The van der Waals surface area contributed by atoms with Crippen molar-refractivity contribution < 1.29 is 19.4 Å². The molecule has 0 aliphatic heterocycles. The van der Waals surface area contributed by atoms with Crippen LogP contribution in [-0.2, 0) is 9.53 Å². The maximum atomic E-state index is 11.4. The molecule has 0 amide bonds. The minimum atomic E-state index is -0.936. The number of carboxylic acid groups (broad SMARTS) is 1. The molecule has 0 spiro atoms. The fraction of sp³-hybridized carbons (Fsp3) is 0.417. The predicted octanol–water partition coefficient (Wildman–Crippen LogP) is 1.45. The van der Waals surface area contributed by atoms with E-state index in [1.54, 1.807) is 26.0 Å². The zero-order valence-electron chi connectivity index (χ0n) is 10.6. The summed E-state index contributed by atoms with van der Waals surface area (Å²) in [7, 11) is 1.30. The summed E-state index contributed by atoms with van der Waals surface area (Å²) in [5.74, 6) is -0.972. The summed E-state index contributed by atoms with van der Waals surface area (Å²) in [5, 5.41) is 11.7. The first-order valence-corrected chi connectivity index (χ1v) is 5.54. The number of rotatable bonds is 5. The van der Waals surface area contributed by atoms with Gasteiger partial charge in [-0.3, -0.25) is 0 Å². The molecular weight excluding hydrogens is 236 g/mol. The molecule has 18 heavy (non-hydrogen) atoms. The summed E-state index contributed by atoms with van der Waals surface area (Å²) < 4.78 is 4.60. The normalized spacial score (nSPS) is 11.7. The molecule has 6 heteroatoms. The third-order valence-electron chi connectivity index (χ3n) is 2.52. The fourth-order valence-corrected chi connectivity index (χ4v) is 1.48. The third kappa shape index (κ3) is 3.19. The van der Waals surface area contributed by atoms with Crippen molar-refractivity contribution in [3.05, 3.63) is 23.4 Å². The van der Waals surface area contributed by atoms with Gasteiger partial charge in [-0.25, -0.2) is 14.6 Å². The van der Waals surface area contributed by atoms with E-state index < -0.39 is 18.0 Å². The fourth-order valence-electron chi connectivity index (χ4n) is 1.48. The number of carbonyl (C=O) groups is 2. The highest BCUT2D eigenvalue weighted by Crippen LogP contribution is 2.13. The second kappa shape index (κ2) is 6.00. The van der Waals surface area contributed by atoms with Gasteiger partial charge in [-0.2, -0.15) is 0 Å². The number of methoxy groups -OCH3 is 1. The number of aromatic nitrogens is 1. The average Bonchev–Trinajstić information content (AvgIpc) is 2.34. The number of hydrogen-bond donors (Lipinski definition) is 2. The molecule has 1 unspecified atom stereocenters. The highest BCUT2D eigenvalue weighted by molar-refractivity contribution is 5.90. The molecule has 1 atom stereocenters. The zero-order chi connectivity index (χ0) is 13.7. The Balaban J connectivity index is 2.91. The van der Waals surface area contributed by atoms with E-state index in [2.05, 4.69) is 15.0 Å². The molecule has 6 nitrogen and oxygen atoms in total. The van der Waals surface area contributed by atoms with E-state index in [1.807, 2.05) is 0 Å². The van der Waals surface area contributed by atoms with Gasteiger partial charge in [0.2, 0.25) is 0 Å². The van der Waals surface area contributed by atoms with Crippen LogP contribution in [-0.4, -0.2) is 35.2 Å². The number of aliphatic carboxylic acids is 1. The van der Waals surface area contributed by atoms with E-state index in [0.29, 0.717) is 23.5 Å². The van der Waals surface area contributed by atoms with Crippen molar-refractivity contribution in [1.82, 2.24) is 4.98 Å². The van der Waals surface area contributed by atoms with Gasteiger partial charge in [0, 0.05) is 0 Å². The highest BCUT2D eigenvalue weighted by Gasteiger charge is 2.16. The van der Waals surface area contributed by atoms with Crippen LogP contribution < -0.4 is 5.32 Å². The van der Waals surface area contributed by atoms with Crippen molar-refractivity contribution >= 4 is 17.8 Å². The molecule has 1 aromatic rings. The molecule has 0 fully saturated rings. The van der Waals surface area contributed by atoms with Crippen LogP contribution in [0.3, 0.4) is 0 Å².